The molecule has 2 aromatic rings. The molecule has 0 heterocycles. The van der Waals surface area contributed by atoms with Crippen LogP contribution < -0.4 is 5.43 Å². The van der Waals surface area contributed by atoms with Gasteiger partial charge < -0.3 is 0 Å². The Morgan fingerprint density at radius 1 is 1.08 bits per heavy atom. The number of hydrogen-bond acceptors (Lipinski definition) is 2. The molecule has 6 heteroatoms. The van der Waals surface area contributed by atoms with Crippen molar-refractivity contribution in [3.63, 3.8) is 0 Å². The predicted molar refractivity (Wildman–Crippen MR) is 84.5 cm³/mol. The van der Waals surface area contributed by atoms with E-state index >= 15 is 0 Å². The SMILES string of the molecule is O=C(NN=Cc1ccccc1C(F)(F)F)C1CC1c1ccccc1. The fourth-order valence-corrected chi connectivity index (χ4v) is 2.67. The van der Waals surface area contributed by atoms with Gasteiger partial charge in [0.05, 0.1) is 11.8 Å². The van der Waals surface area contributed by atoms with Crippen LogP contribution in [-0.4, -0.2) is 12.1 Å². The van der Waals surface area contributed by atoms with Gasteiger partial charge in [0.15, 0.2) is 0 Å². The molecule has 2 atom stereocenters. The molecule has 1 aliphatic carbocycles. The normalized spacial score (nSPS) is 20.1. The second-order valence-corrected chi connectivity index (χ2v) is 5.68. The highest BCUT2D eigenvalue weighted by atomic mass is 19.4. The topological polar surface area (TPSA) is 41.5 Å². The third-order valence-corrected chi connectivity index (χ3v) is 4.00. The van der Waals surface area contributed by atoms with Gasteiger partial charge in [-0.15, -0.1) is 0 Å². The minimum absolute atomic E-state index is 0.0827. The summed E-state index contributed by atoms with van der Waals surface area (Å²) in [6.45, 7) is 0. The van der Waals surface area contributed by atoms with Gasteiger partial charge in [0.25, 0.3) is 0 Å². The van der Waals surface area contributed by atoms with Gasteiger partial charge in [-0.3, -0.25) is 4.79 Å². The summed E-state index contributed by atoms with van der Waals surface area (Å²) in [5.41, 5.74) is 2.56. The first-order valence-electron chi connectivity index (χ1n) is 7.51. The third kappa shape index (κ3) is 3.64. The second-order valence-electron chi connectivity index (χ2n) is 5.68. The summed E-state index contributed by atoms with van der Waals surface area (Å²) in [6.07, 6.45) is -2.70. The predicted octanol–water partition coefficient (Wildman–Crippen LogP) is 3.96. The number of benzene rings is 2. The highest BCUT2D eigenvalue weighted by molar-refractivity contribution is 5.86. The van der Waals surface area contributed by atoms with Crippen molar-refractivity contribution in [2.24, 2.45) is 11.0 Å². The number of alkyl halides is 3. The van der Waals surface area contributed by atoms with E-state index in [1.165, 1.54) is 18.2 Å². The van der Waals surface area contributed by atoms with Crippen molar-refractivity contribution in [1.82, 2.24) is 5.43 Å². The molecule has 3 nitrogen and oxygen atoms in total. The largest absolute Gasteiger partial charge is 0.417 e. The van der Waals surface area contributed by atoms with Crippen molar-refractivity contribution >= 4 is 12.1 Å². The number of hydrazone groups is 1. The van der Waals surface area contributed by atoms with Gasteiger partial charge in [0, 0.05) is 11.5 Å². The number of nitrogens with zero attached hydrogens (tertiary/aromatic N) is 1. The molecule has 2 unspecified atom stereocenters. The van der Waals surface area contributed by atoms with Crippen LogP contribution in [0.4, 0.5) is 13.2 Å². The van der Waals surface area contributed by atoms with E-state index in [4.69, 9.17) is 0 Å². The van der Waals surface area contributed by atoms with Crippen LogP contribution in [-0.2, 0) is 11.0 Å². The zero-order valence-corrected chi connectivity index (χ0v) is 12.6. The first-order chi connectivity index (χ1) is 11.5. The summed E-state index contributed by atoms with van der Waals surface area (Å²) in [6, 6.07) is 14.7. The number of carbonyl (C=O) groups is 1. The summed E-state index contributed by atoms with van der Waals surface area (Å²) in [7, 11) is 0. The zero-order valence-electron chi connectivity index (χ0n) is 12.6. The van der Waals surface area contributed by atoms with Crippen LogP contribution in [0.5, 0.6) is 0 Å². The molecule has 124 valence electrons. The quantitative estimate of drug-likeness (QED) is 0.668. The average Bonchev–Trinajstić information content (AvgIpc) is 3.36. The maximum absolute atomic E-state index is 12.9. The molecule has 24 heavy (non-hydrogen) atoms. The Bertz CT molecular complexity index is 756. The lowest BCUT2D eigenvalue weighted by Gasteiger charge is -2.09. The molecule has 1 fully saturated rings. The first-order valence-corrected chi connectivity index (χ1v) is 7.51. The average molecular weight is 332 g/mol. The van der Waals surface area contributed by atoms with Gasteiger partial charge in [0.1, 0.15) is 0 Å². The summed E-state index contributed by atoms with van der Waals surface area (Å²) >= 11 is 0. The number of carbonyl (C=O) groups excluding carboxylic acids is 1. The number of rotatable bonds is 4. The highest BCUT2D eigenvalue weighted by Crippen LogP contribution is 2.47. The Morgan fingerprint density at radius 3 is 2.46 bits per heavy atom. The molecule has 1 aliphatic rings. The standard InChI is InChI=1S/C18H15F3N2O/c19-18(20,21)16-9-5-4-8-13(16)11-22-23-17(24)15-10-14(15)12-6-2-1-3-7-12/h1-9,11,14-15H,10H2,(H,23,24). The van der Waals surface area contributed by atoms with E-state index in [0.717, 1.165) is 24.3 Å². The van der Waals surface area contributed by atoms with Crippen LogP contribution >= 0.6 is 0 Å². The van der Waals surface area contributed by atoms with Crippen molar-refractivity contribution in [3.8, 4) is 0 Å². The van der Waals surface area contributed by atoms with Crippen molar-refractivity contribution in [1.29, 1.82) is 0 Å². The first kappa shape index (κ1) is 16.2. The highest BCUT2D eigenvalue weighted by Gasteiger charge is 2.43. The maximum Gasteiger partial charge on any atom is 0.417 e. The summed E-state index contributed by atoms with van der Waals surface area (Å²) < 4.78 is 38.6. The van der Waals surface area contributed by atoms with E-state index in [-0.39, 0.29) is 23.3 Å². The molecule has 0 saturated heterocycles. The summed E-state index contributed by atoms with van der Waals surface area (Å²) in [4.78, 5) is 12.0. The molecule has 0 bridgehead atoms. The fourth-order valence-electron chi connectivity index (χ4n) is 2.67. The molecule has 0 radical (unpaired) electrons. The zero-order chi connectivity index (χ0) is 17.2. The molecule has 0 aliphatic heterocycles. The Hall–Kier alpha value is -2.63. The fraction of sp³-hybridized carbons (Fsp3) is 0.222. The van der Waals surface area contributed by atoms with Gasteiger partial charge in [-0.05, 0) is 24.0 Å². The van der Waals surface area contributed by atoms with Crippen molar-refractivity contribution < 1.29 is 18.0 Å². The lowest BCUT2D eigenvalue weighted by molar-refractivity contribution is -0.137. The number of halogens is 3. The van der Waals surface area contributed by atoms with E-state index in [0.29, 0.717) is 0 Å². The molecule has 0 aromatic heterocycles. The van der Waals surface area contributed by atoms with Crippen LogP contribution in [0.2, 0.25) is 0 Å². The van der Waals surface area contributed by atoms with E-state index in [1.807, 2.05) is 30.3 Å². The monoisotopic (exact) mass is 332 g/mol. The number of hydrogen-bond donors (Lipinski definition) is 1. The smallest absolute Gasteiger partial charge is 0.273 e. The summed E-state index contributed by atoms with van der Waals surface area (Å²) in [5.74, 6) is -0.295. The van der Waals surface area contributed by atoms with Crippen molar-refractivity contribution in [2.75, 3.05) is 0 Å². The minimum Gasteiger partial charge on any atom is -0.273 e. The Kier molecular flexibility index (Phi) is 4.38. The van der Waals surface area contributed by atoms with Gasteiger partial charge in [0.2, 0.25) is 5.91 Å². The number of amides is 1. The van der Waals surface area contributed by atoms with Gasteiger partial charge >= 0.3 is 6.18 Å². The van der Waals surface area contributed by atoms with E-state index < -0.39 is 11.7 Å². The van der Waals surface area contributed by atoms with Crippen molar-refractivity contribution in [3.05, 3.63) is 71.3 Å². The molecule has 1 amide bonds. The van der Waals surface area contributed by atoms with Crippen molar-refractivity contribution in [2.45, 2.75) is 18.5 Å². The Labute approximate surface area is 137 Å². The molecular weight excluding hydrogens is 317 g/mol. The Morgan fingerprint density at radius 2 is 1.75 bits per heavy atom. The maximum atomic E-state index is 12.9. The van der Waals surface area contributed by atoms with Crippen LogP contribution in [0.25, 0.3) is 0 Å². The minimum atomic E-state index is -4.46. The van der Waals surface area contributed by atoms with Gasteiger partial charge in [-0.2, -0.15) is 18.3 Å². The van der Waals surface area contributed by atoms with Crippen LogP contribution in [0, 0.1) is 5.92 Å². The Balaban J connectivity index is 1.61. The van der Waals surface area contributed by atoms with E-state index in [2.05, 4.69) is 10.5 Å². The second kappa shape index (κ2) is 6.47. The lowest BCUT2D eigenvalue weighted by atomic mass is 10.1. The van der Waals surface area contributed by atoms with E-state index in [9.17, 15) is 18.0 Å². The molecule has 0 spiro atoms. The van der Waals surface area contributed by atoms with Gasteiger partial charge in [-0.1, -0.05) is 48.5 Å². The molecular formula is C18H15F3N2O. The van der Waals surface area contributed by atoms with Gasteiger partial charge in [-0.25, -0.2) is 5.43 Å². The molecule has 2 aromatic carbocycles. The van der Waals surface area contributed by atoms with Crippen LogP contribution in [0.1, 0.15) is 29.0 Å². The lowest BCUT2D eigenvalue weighted by Crippen LogP contribution is -2.20. The number of nitrogens with one attached hydrogen (secondary N) is 1. The van der Waals surface area contributed by atoms with E-state index in [1.54, 1.807) is 0 Å². The summed E-state index contributed by atoms with van der Waals surface area (Å²) in [5, 5.41) is 3.68. The van der Waals surface area contributed by atoms with Crippen LogP contribution in [0.15, 0.2) is 59.7 Å². The molecule has 1 N–H and O–H groups in total. The third-order valence-electron chi connectivity index (χ3n) is 4.00. The molecule has 3 rings (SSSR count). The van der Waals surface area contributed by atoms with Crippen LogP contribution in [0.3, 0.4) is 0 Å². The molecule has 1 saturated carbocycles.